The van der Waals surface area contributed by atoms with Crippen molar-refractivity contribution in [1.29, 1.82) is 0 Å². The molecule has 0 saturated heterocycles. The number of ether oxygens (including phenoxy) is 1. The van der Waals surface area contributed by atoms with Gasteiger partial charge in [-0.3, -0.25) is 4.79 Å². The monoisotopic (exact) mass is 312 g/mol. The molecular weight excluding hydrogens is 276 g/mol. The molecule has 130 valence electrons. The van der Waals surface area contributed by atoms with Crippen molar-refractivity contribution >= 4 is 11.8 Å². The Kier molecular flexibility index (Phi) is 15.9. The van der Waals surface area contributed by atoms with Crippen molar-refractivity contribution in [1.82, 2.24) is 0 Å². The molecule has 0 N–H and O–H groups in total. The highest BCUT2D eigenvalue weighted by atomic mass is 16.5. The lowest BCUT2D eigenvalue weighted by molar-refractivity contribution is -0.141. The molecule has 0 unspecified atom stereocenters. The molecule has 0 radical (unpaired) electrons. The molecule has 0 heterocycles. The molecule has 0 aromatic heterocycles. The van der Waals surface area contributed by atoms with Crippen LogP contribution in [0, 0.1) is 0 Å². The van der Waals surface area contributed by atoms with Crippen LogP contribution in [0.25, 0.3) is 0 Å². The average Bonchev–Trinajstić information content (AvgIpc) is 2.46. The molecule has 0 atom stereocenters. The number of hydrogen-bond donors (Lipinski definition) is 0. The number of carbonyl (C=O) groups is 2. The molecule has 0 spiro atoms. The summed E-state index contributed by atoms with van der Waals surface area (Å²) in [6, 6.07) is 0. The van der Waals surface area contributed by atoms with Gasteiger partial charge in [-0.25, -0.2) is 0 Å². The van der Waals surface area contributed by atoms with Crippen LogP contribution in [0.1, 0.15) is 104 Å². The fourth-order valence-corrected chi connectivity index (χ4v) is 2.64. The first-order valence-electron chi connectivity index (χ1n) is 9.25. The molecule has 3 heteroatoms. The van der Waals surface area contributed by atoms with E-state index in [2.05, 4.69) is 0 Å². The smallest absolute Gasteiger partial charge is 0.302 e. The minimum absolute atomic E-state index is 0.168. The Morgan fingerprint density at radius 2 is 0.955 bits per heavy atom. The molecule has 0 fully saturated rings. The van der Waals surface area contributed by atoms with Crippen LogP contribution >= 0.6 is 0 Å². The van der Waals surface area contributed by atoms with E-state index in [9.17, 15) is 9.59 Å². The van der Waals surface area contributed by atoms with E-state index < -0.39 is 0 Å². The van der Waals surface area contributed by atoms with Gasteiger partial charge in [0.1, 0.15) is 5.78 Å². The third-order valence-electron chi connectivity index (χ3n) is 3.98. The molecule has 0 amide bonds. The quantitative estimate of drug-likeness (QED) is 0.275. The van der Waals surface area contributed by atoms with Gasteiger partial charge >= 0.3 is 5.97 Å². The van der Waals surface area contributed by atoms with Crippen LogP contribution < -0.4 is 0 Å². The summed E-state index contributed by atoms with van der Waals surface area (Å²) in [6.45, 7) is 3.73. The van der Waals surface area contributed by atoms with Crippen LogP contribution in [0.3, 0.4) is 0 Å². The summed E-state index contributed by atoms with van der Waals surface area (Å²) >= 11 is 0. The van der Waals surface area contributed by atoms with E-state index >= 15 is 0 Å². The van der Waals surface area contributed by atoms with Crippen LogP contribution in [0.5, 0.6) is 0 Å². The Morgan fingerprint density at radius 1 is 0.591 bits per heavy atom. The van der Waals surface area contributed by atoms with Crippen LogP contribution in [0.2, 0.25) is 0 Å². The fraction of sp³-hybridized carbons (Fsp3) is 0.895. The lowest BCUT2D eigenvalue weighted by Gasteiger charge is -2.03. The van der Waals surface area contributed by atoms with E-state index in [0.717, 1.165) is 19.3 Å². The zero-order valence-electron chi connectivity index (χ0n) is 14.8. The molecule has 22 heavy (non-hydrogen) atoms. The Hall–Kier alpha value is -0.860. The van der Waals surface area contributed by atoms with Gasteiger partial charge in [-0.15, -0.1) is 0 Å². The highest BCUT2D eigenvalue weighted by molar-refractivity contribution is 5.75. The number of esters is 1. The third-order valence-corrected chi connectivity index (χ3v) is 3.98. The van der Waals surface area contributed by atoms with Crippen molar-refractivity contribution in [3.05, 3.63) is 0 Å². The van der Waals surface area contributed by atoms with Gasteiger partial charge in [0.25, 0.3) is 0 Å². The van der Waals surface area contributed by atoms with Gasteiger partial charge in [-0.2, -0.15) is 0 Å². The first kappa shape index (κ1) is 21.1. The van der Waals surface area contributed by atoms with Crippen molar-refractivity contribution in [2.24, 2.45) is 0 Å². The summed E-state index contributed by atoms with van der Waals surface area (Å²) < 4.78 is 4.90. The summed E-state index contributed by atoms with van der Waals surface area (Å²) in [4.78, 5) is 21.4. The molecule has 3 nitrogen and oxygen atoms in total. The van der Waals surface area contributed by atoms with Gasteiger partial charge < -0.3 is 9.53 Å². The van der Waals surface area contributed by atoms with Crippen LogP contribution in [-0.2, 0) is 14.3 Å². The van der Waals surface area contributed by atoms with E-state index in [1.54, 1.807) is 6.92 Å². The number of hydrogen-bond acceptors (Lipinski definition) is 3. The second-order valence-corrected chi connectivity index (χ2v) is 6.39. The largest absolute Gasteiger partial charge is 0.466 e. The number of ketones is 1. The van der Waals surface area contributed by atoms with Crippen LogP contribution in [0.4, 0.5) is 0 Å². The summed E-state index contributed by atoms with van der Waals surface area (Å²) in [5.41, 5.74) is 0. The van der Waals surface area contributed by atoms with E-state index in [1.165, 1.54) is 77.6 Å². The van der Waals surface area contributed by atoms with Gasteiger partial charge in [0, 0.05) is 13.3 Å². The molecule has 0 aromatic carbocycles. The number of carbonyl (C=O) groups excluding carboxylic acids is 2. The van der Waals surface area contributed by atoms with E-state index in [0.29, 0.717) is 12.4 Å². The maximum atomic E-state index is 10.8. The summed E-state index contributed by atoms with van der Waals surface area (Å²) in [5.74, 6) is 0.158. The second-order valence-electron chi connectivity index (χ2n) is 6.39. The third kappa shape index (κ3) is 19.1. The van der Waals surface area contributed by atoms with Crippen molar-refractivity contribution in [2.75, 3.05) is 6.61 Å². The highest BCUT2D eigenvalue weighted by Crippen LogP contribution is 2.13. The molecular formula is C19H36O3. The first-order valence-corrected chi connectivity index (χ1v) is 9.25. The molecule has 0 aliphatic heterocycles. The van der Waals surface area contributed by atoms with Crippen molar-refractivity contribution < 1.29 is 14.3 Å². The van der Waals surface area contributed by atoms with Crippen molar-refractivity contribution in [3.8, 4) is 0 Å². The van der Waals surface area contributed by atoms with E-state index in [4.69, 9.17) is 4.74 Å². The highest BCUT2D eigenvalue weighted by Gasteiger charge is 1.96. The summed E-state index contributed by atoms with van der Waals surface area (Å²) in [7, 11) is 0. The predicted octanol–water partition coefficient (Wildman–Crippen LogP) is 5.60. The maximum absolute atomic E-state index is 10.8. The molecule has 0 aromatic rings. The molecule has 0 aliphatic carbocycles. The van der Waals surface area contributed by atoms with E-state index in [-0.39, 0.29) is 5.97 Å². The topological polar surface area (TPSA) is 43.4 Å². The Bertz CT molecular complexity index is 246. The second kappa shape index (κ2) is 16.5. The zero-order valence-corrected chi connectivity index (χ0v) is 14.8. The van der Waals surface area contributed by atoms with Crippen molar-refractivity contribution in [3.63, 3.8) is 0 Å². The van der Waals surface area contributed by atoms with Gasteiger partial charge in [0.15, 0.2) is 0 Å². The normalized spacial score (nSPS) is 10.6. The molecule has 0 saturated carbocycles. The van der Waals surface area contributed by atoms with Gasteiger partial charge in [0.2, 0.25) is 0 Å². The molecule has 0 bridgehead atoms. The Morgan fingerprint density at radius 3 is 1.32 bits per heavy atom. The van der Waals surface area contributed by atoms with Gasteiger partial charge in [0.05, 0.1) is 6.61 Å². The van der Waals surface area contributed by atoms with Gasteiger partial charge in [-0.1, -0.05) is 70.6 Å². The Labute approximate surface area is 137 Å². The van der Waals surface area contributed by atoms with Crippen molar-refractivity contribution in [2.45, 2.75) is 104 Å². The lowest BCUT2D eigenvalue weighted by Crippen LogP contribution is -2.00. The molecule has 0 rings (SSSR count). The average molecular weight is 312 g/mol. The SMILES string of the molecule is CC(=O)CCCCCCCCCCCCCCCOC(C)=O. The Balaban J connectivity index is 2.99. The minimum Gasteiger partial charge on any atom is -0.466 e. The summed E-state index contributed by atoms with van der Waals surface area (Å²) in [5, 5.41) is 0. The molecule has 0 aliphatic rings. The first-order chi connectivity index (χ1) is 10.6. The minimum atomic E-state index is -0.168. The van der Waals surface area contributed by atoms with E-state index in [1.807, 2.05) is 0 Å². The standard InChI is InChI=1S/C19H36O3/c1-18(20)16-14-12-10-8-6-4-3-5-7-9-11-13-15-17-22-19(2)21/h3-17H2,1-2H3. The number of unbranched alkanes of at least 4 members (excludes halogenated alkanes) is 12. The van der Waals surface area contributed by atoms with Crippen LogP contribution in [-0.4, -0.2) is 18.4 Å². The van der Waals surface area contributed by atoms with Gasteiger partial charge in [-0.05, 0) is 19.8 Å². The maximum Gasteiger partial charge on any atom is 0.302 e. The van der Waals surface area contributed by atoms with Crippen LogP contribution in [0.15, 0.2) is 0 Å². The predicted molar refractivity (Wildman–Crippen MR) is 92.0 cm³/mol. The zero-order chi connectivity index (χ0) is 16.5. The lowest BCUT2D eigenvalue weighted by atomic mass is 10.0. The summed E-state index contributed by atoms with van der Waals surface area (Å²) in [6.07, 6.45) is 17.2. The number of rotatable bonds is 16. The fourth-order valence-electron chi connectivity index (χ4n) is 2.64. The number of Topliss-reactive ketones (excluding diaryl/α,β-unsaturated/α-hetero) is 1.